The zero-order valence-corrected chi connectivity index (χ0v) is 21.7. The summed E-state index contributed by atoms with van der Waals surface area (Å²) in [7, 11) is 2.75. The van der Waals surface area contributed by atoms with Crippen molar-refractivity contribution in [3.8, 4) is 0 Å². The van der Waals surface area contributed by atoms with E-state index in [-0.39, 0.29) is 12.0 Å². The molecule has 0 N–H and O–H groups in total. The van der Waals surface area contributed by atoms with Crippen molar-refractivity contribution < 1.29 is 13.7 Å². The van der Waals surface area contributed by atoms with Crippen LogP contribution in [-0.2, 0) is 33.3 Å². The number of rotatable bonds is 5. The lowest BCUT2D eigenvalue weighted by Crippen LogP contribution is -2.33. The Morgan fingerprint density at radius 1 is 1.35 bits per heavy atom. The van der Waals surface area contributed by atoms with Crippen LogP contribution >= 0.6 is 11.6 Å². The van der Waals surface area contributed by atoms with Crippen LogP contribution in [0.5, 0.6) is 0 Å². The Bertz CT molecular complexity index is 1190. The van der Waals surface area contributed by atoms with Crippen molar-refractivity contribution >= 4 is 45.6 Å². The maximum atomic E-state index is 12.2. The monoisotopic (exact) mass is 505 g/mol. The van der Waals surface area contributed by atoms with Gasteiger partial charge in [0.2, 0.25) is 0 Å². The number of carbonyl (C=O) groups is 1. The third kappa shape index (κ3) is 4.86. The Kier molecular flexibility index (Phi) is 7.62. The van der Waals surface area contributed by atoms with E-state index in [1.165, 1.54) is 23.9 Å². The van der Waals surface area contributed by atoms with Gasteiger partial charge in [0.05, 0.1) is 35.9 Å². The highest BCUT2D eigenvalue weighted by atomic mass is 35.5. The summed E-state index contributed by atoms with van der Waals surface area (Å²) in [5.74, 6) is 2.72. The predicted molar refractivity (Wildman–Crippen MR) is 136 cm³/mol. The van der Waals surface area contributed by atoms with Crippen molar-refractivity contribution in [2.45, 2.75) is 57.7 Å². The quantitative estimate of drug-likeness (QED) is 0.488. The first-order valence-corrected chi connectivity index (χ1v) is 13.5. The molecule has 3 aromatic rings. The first-order valence-electron chi connectivity index (χ1n) is 11.6. The van der Waals surface area contributed by atoms with E-state index in [1.54, 1.807) is 6.20 Å². The summed E-state index contributed by atoms with van der Waals surface area (Å²) in [5.41, 5.74) is 4.94. The number of nitrogens with zero attached hydrogens (tertiary/aromatic N) is 5. The molecule has 184 valence electrons. The SMILES string of the molecule is CC(Cn1cc(Cl)cn1)c1nc2c3c(ccc2n1C1CCS(=O)C1)N(C)C(C)CC3.COC=O. The largest absolute Gasteiger partial charge is 0.471 e. The summed E-state index contributed by atoms with van der Waals surface area (Å²) in [6.07, 6.45) is 6.66. The number of anilines is 1. The van der Waals surface area contributed by atoms with Gasteiger partial charge in [0.25, 0.3) is 6.47 Å². The van der Waals surface area contributed by atoms with Gasteiger partial charge in [0.1, 0.15) is 5.82 Å². The molecule has 10 heteroatoms. The third-order valence-electron chi connectivity index (χ3n) is 6.84. The van der Waals surface area contributed by atoms with Crippen molar-refractivity contribution in [2.24, 2.45) is 0 Å². The van der Waals surface area contributed by atoms with Crippen LogP contribution in [0.3, 0.4) is 0 Å². The lowest BCUT2D eigenvalue weighted by Gasteiger charge is -2.34. The molecule has 0 aliphatic carbocycles. The van der Waals surface area contributed by atoms with Crippen LogP contribution in [0.2, 0.25) is 5.02 Å². The van der Waals surface area contributed by atoms with Gasteiger partial charge < -0.3 is 14.2 Å². The standard InChI is InChI=1S/C22H28ClN5OS.C2H4O2/c1-14(11-27-12-16(23)10-24-27)22-25-21-18-5-4-15(2)26(3)19(18)6-7-20(21)28(22)17-8-9-30(29)13-17;1-4-2-3/h6-7,10,12,14-15,17H,4-5,8-9,11,13H2,1-3H3;2H,1H3. The van der Waals surface area contributed by atoms with Gasteiger partial charge in [-0.05, 0) is 38.3 Å². The molecule has 4 unspecified atom stereocenters. The topological polar surface area (TPSA) is 82.2 Å². The van der Waals surface area contributed by atoms with E-state index in [9.17, 15) is 4.21 Å². The first-order chi connectivity index (χ1) is 16.3. The Balaban J connectivity index is 0.000000636. The molecule has 4 atom stereocenters. The van der Waals surface area contributed by atoms with Gasteiger partial charge in [-0.15, -0.1) is 0 Å². The molecule has 2 aliphatic heterocycles. The van der Waals surface area contributed by atoms with Crippen LogP contribution in [0.4, 0.5) is 5.69 Å². The Hall–Kier alpha value is -2.39. The molecule has 2 aliphatic rings. The number of hydrogen-bond donors (Lipinski definition) is 0. The summed E-state index contributed by atoms with van der Waals surface area (Å²) in [5, 5.41) is 5.00. The number of aromatic nitrogens is 4. The van der Waals surface area contributed by atoms with E-state index in [1.807, 2.05) is 10.9 Å². The highest BCUT2D eigenvalue weighted by Crippen LogP contribution is 2.38. The van der Waals surface area contributed by atoms with Crippen LogP contribution in [0, 0.1) is 0 Å². The van der Waals surface area contributed by atoms with Crippen molar-refractivity contribution in [3.05, 3.63) is 40.9 Å². The second-order valence-electron chi connectivity index (χ2n) is 9.14. The molecule has 0 bridgehead atoms. The van der Waals surface area contributed by atoms with Gasteiger partial charge >= 0.3 is 0 Å². The Labute approximate surface area is 207 Å². The third-order valence-corrected chi connectivity index (χ3v) is 8.49. The van der Waals surface area contributed by atoms with Crippen LogP contribution < -0.4 is 4.90 Å². The van der Waals surface area contributed by atoms with Gasteiger partial charge in [0, 0.05) is 64.8 Å². The number of hydrogen-bond acceptors (Lipinski definition) is 6. The molecule has 1 fully saturated rings. The van der Waals surface area contributed by atoms with E-state index < -0.39 is 10.8 Å². The summed E-state index contributed by atoms with van der Waals surface area (Å²) in [6.45, 7) is 5.56. The van der Waals surface area contributed by atoms with Gasteiger partial charge in [-0.1, -0.05) is 18.5 Å². The molecular weight excluding hydrogens is 474 g/mol. The molecule has 5 rings (SSSR count). The zero-order chi connectivity index (χ0) is 24.4. The Morgan fingerprint density at radius 3 is 2.74 bits per heavy atom. The summed E-state index contributed by atoms with van der Waals surface area (Å²) in [6, 6.07) is 5.25. The maximum Gasteiger partial charge on any atom is 0.292 e. The lowest BCUT2D eigenvalue weighted by atomic mass is 9.96. The van der Waals surface area contributed by atoms with Crippen LogP contribution in [-0.4, -0.2) is 61.7 Å². The van der Waals surface area contributed by atoms with Crippen molar-refractivity contribution in [2.75, 3.05) is 30.6 Å². The highest BCUT2D eigenvalue weighted by molar-refractivity contribution is 7.85. The van der Waals surface area contributed by atoms with Gasteiger partial charge in [0.15, 0.2) is 0 Å². The molecule has 8 nitrogen and oxygen atoms in total. The molecule has 0 radical (unpaired) electrons. The van der Waals surface area contributed by atoms with Crippen LogP contribution in [0.1, 0.15) is 50.0 Å². The number of fused-ring (bicyclic) bond motifs is 3. The fraction of sp³-hybridized carbons (Fsp3) is 0.542. The molecule has 0 saturated carbocycles. The minimum atomic E-state index is -0.741. The molecule has 2 aromatic heterocycles. The van der Waals surface area contributed by atoms with E-state index in [0.717, 1.165) is 36.4 Å². The van der Waals surface area contributed by atoms with Crippen LogP contribution in [0.15, 0.2) is 24.5 Å². The van der Waals surface area contributed by atoms with Crippen molar-refractivity contribution in [1.82, 2.24) is 19.3 Å². The molecule has 4 heterocycles. The second kappa shape index (κ2) is 10.5. The number of imidazole rings is 1. The number of aryl methyl sites for hydroxylation is 1. The number of methoxy groups -OCH3 is 1. The smallest absolute Gasteiger partial charge is 0.292 e. The summed E-state index contributed by atoms with van der Waals surface area (Å²) < 4.78 is 20.3. The molecule has 0 spiro atoms. The minimum absolute atomic E-state index is 0.165. The number of halogens is 1. The van der Waals surface area contributed by atoms with Gasteiger partial charge in [-0.2, -0.15) is 5.10 Å². The minimum Gasteiger partial charge on any atom is -0.471 e. The van der Waals surface area contributed by atoms with E-state index in [0.29, 0.717) is 29.8 Å². The number of ether oxygens (including phenoxy) is 1. The fourth-order valence-electron chi connectivity index (χ4n) is 4.97. The molecule has 0 amide bonds. The fourth-order valence-corrected chi connectivity index (χ4v) is 6.57. The second-order valence-corrected chi connectivity index (χ2v) is 11.2. The molecule has 1 saturated heterocycles. The van der Waals surface area contributed by atoms with E-state index in [2.05, 4.69) is 52.3 Å². The predicted octanol–water partition coefficient (Wildman–Crippen LogP) is 3.94. The number of carbonyl (C=O) groups excluding carboxylic acids is 1. The first kappa shape index (κ1) is 24.7. The van der Waals surface area contributed by atoms with Gasteiger partial charge in [-0.25, -0.2) is 4.98 Å². The average Bonchev–Trinajstić information content (AvgIpc) is 3.54. The van der Waals surface area contributed by atoms with Crippen LogP contribution in [0.25, 0.3) is 11.0 Å². The zero-order valence-electron chi connectivity index (χ0n) is 20.1. The number of benzene rings is 1. The highest BCUT2D eigenvalue weighted by Gasteiger charge is 2.31. The maximum absolute atomic E-state index is 12.2. The normalized spacial score (nSPS) is 22.7. The Morgan fingerprint density at radius 2 is 2.12 bits per heavy atom. The van der Waals surface area contributed by atoms with Crippen molar-refractivity contribution in [3.63, 3.8) is 0 Å². The molecule has 1 aromatic carbocycles. The lowest BCUT2D eigenvalue weighted by molar-refractivity contribution is -0.126. The van der Waals surface area contributed by atoms with E-state index >= 15 is 0 Å². The van der Waals surface area contributed by atoms with E-state index in [4.69, 9.17) is 21.4 Å². The molecule has 34 heavy (non-hydrogen) atoms. The van der Waals surface area contributed by atoms with Crippen molar-refractivity contribution in [1.29, 1.82) is 0 Å². The average molecular weight is 506 g/mol. The van der Waals surface area contributed by atoms with Gasteiger partial charge in [-0.3, -0.25) is 13.7 Å². The summed E-state index contributed by atoms with van der Waals surface area (Å²) >= 11 is 6.07. The molecular formula is C24H32ClN5O3S. The summed E-state index contributed by atoms with van der Waals surface area (Å²) in [4.78, 5) is 16.5.